The number of pyridine rings is 1. The van der Waals surface area contributed by atoms with Gasteiger partial charge in [-0.3, -0.25) is 9.78 Å². The lowest BCUT2D eigenvalue weighted by molar-refractivity contribution is 0.0949. The number of aryl methyl sites for hydroxylation is 1. The van der Waals surface area contributed by atoms with Crippen LogP contribution in [-0.4, -0.2) is 34.1 Å². The van der Waals surface area contributed by atoms with Gasteiger partial charge in [0.25, 0.3) is 5.91 Å². The SMILES string of the molecule is COc1ccc(CCNC(=O)c2cc(Oc3ccc4c(c3)nc(Nc3ccc(Br)cc3)n4C)ccn2)cc1. The molecular weight excluding hydrogens is 546 g/mol. The van der Waals surface area contributed by atoms with Gasteiger partial charge in [-0.1, -0.05) is 28.1 Å². The summed E-state index contributed by atoms with van der Waals surface area (Å²) >= 11 is 3.45. The van der Waals surface area contributed by atoms with Crippen LogP contribution in [0.3, 0.4) is 0 Å². The standard InChI is InChI=1S/C29H26BrN5O3/c1-35-27-12-11-23(17-25(27)34-29(35)33-21-7-5-20(30)6-8-21)38-24-14-16-31-26(18-24)28(36)32-15-13-19-3-9-22(37-2)10-4-19/h3-12,14,16-18H,13,15H2,1-2H3,(H,32,36)(H,33,34). The predicted molar refractivity (Wildman–Crippen MR) is 151 cm³/mol. The number of ether oxygens (including phenoxy) is 2. The smallest absolute Gasteiger partial charge is 0.270 e. The molecule has 2 N–H and O–H groups in total. The minimum atomic E-state index is -0.257. The highest BCUT2D eigenvalue weighted by atomic mass is 79.9. The highest BCUT2D eigenvalue weighted by Crippen LogP contribution is 2.28. The minimum Gasteiger partial charge on any atom is -0.497 e. The van der Waals surface area contributed by atoms with Crippen LogP contribution in [0.2, 0.25) is 0 Å². The Bertz CT molecular complexity index is 1570. The van der Waals surface area contributed by atoms with Gasteiger partial charge >= 0.3 is 0 Å². The Balaban J connectivity index is 1.23. The first-order chi connectivity index (χ1) is 18.5. The number of hydrogen-bond donors (Lipinski definition) is 2. The van der Waals surface area contributed by atoms with E-state index in [0.29, 0.717) is 24.5 Å². The summed E-state index contributed by atoms with van der Waals surface area (Å²) in [6, 6.07) is 24.7. The molecule has 38 heavy (non-hydrogen) atoms. The normalized spacial score (nSPS) is 10.8. The molecule has 0 aliphatic carbocycles. The number of aromatic nitrogens is 3. The number of carbonyl (C=O) groups excluding carboxylic acids is 1. The number of nitrogens with zero attached hydrogens (tertiary/aromatic N) is 3. The number of methoxy groups -OCH3 is 1. The maximum atomic E-state index is 12.7. The Kier molecular flexibility index (Phi) is 7.55. The van der Waals surface area contributed by atoms with E-state index in [2.05, 4.69) is 31.5 Å². The van der Waals surface area contributed by atoms with E-state index in [1.165, 1.54) is 0 Å². The summed E-state index contributed by atoms with van der Waals surface area (Å²) in [7, 11) is 3.59. The quantitative estimate of drug-likeness (QED) is 0.217. The first-order valence-electron chi connectivity index (χ1n) is 12.0. The summed E-state index contributed by atoms with van der Waals surface area (Å²) in [4.78, 5) is 21.6. The topological polar surface area (TPSA) is 90.3 Å². The van der Waals surface area contributed by atoms with Crippen molar-refractivity contribution in [3.63, 3.8) is 0 Å². The largest absolute Gasteiger partial charge is 0.497 e. The molecule has 9 heteroatoms. The highest BCUT2D eigenvalue weighted by molar-refractivity contribution is 9.10. The van der Waals surface area contributed by atoms with Crippen LogP contribution in [0, 0.1) is 0 Å². The average Bonchev–Trinajstić information content (AvgIpc) is 3.24. The molecule has 0 radical (unpaired) electrons. The van der Waals surface area contributed by atoms with Crippen molar-refractivity contribution in [2.45, 2.75) is 6.42 Å². The van der Waals surface area contributed by atoms with Crippen LogP contribution in [0.15, 0.2) is 89.5 Å². The lowest BCUT2D eigenvalue weighted by Gasteiger charge is -2.09. The molecule has 8 nitrogen and oxygen atoms in total. The maximum Gasteiger partial charge on any atom is 0.270 e. The van der Waals surface area contributed by atoms with Gasteiger partial charge in [-0.25, -0.2) is 4.98 Å². The molecule has 0 aliphatic rings. The number of rotatable bonds is 9. The van der Waals surface area contributed by atoms with Crippen LogP contribution in [0.4, 0.5) is 11.6 Å². The summed E-state index contributed by atoms with van der Waals surface area (Å²) in [6.45, 7) is 0.491. The van der Waals surface area contributed by atoms with Gasteiger partial charge in [-0.15, -0.1) is 0 Å². The summed E-state index contributed by atoms with van der Waals surface area (Å²) < 4.78 is 14.2. The van der Waals surface area contributed by atoms with Crippen molar-refractivity contribution in [1.82, 2.24) is 19.9 Å². The summed E-state index contributed by atoms with van der Waals surface area (Å²) in [5, 5.41) is 6.25. The first kappa shape index (κ1) is 25.3. The van der Waals surface area contributed by atoms with Crippen molar-refractivity contribution in [3.8, 4) is 17.2 Å². The zero-order valence-corrected chi connectivity index (χ0v) is 22.5. The number of imidazole rings is 1. The van der Waals surface area contributed by atoms with Gasteiger partial charge in [0.1, 0.15) is 22.9 Å². The second kappa shape index (κ2) is 11.4. The van der Waals surface area contributed by atoms with E-state index in [1.54, 1.807) is 25.4 Å². The molecule has 2 aromatic heterocycles. The van der Waals surface area contributed by atoms with Gasteiger partial charge in [-0.05, 0) is 66.6 Å². The zero-order valence-electron chi connectivity index (χ0n) is 20.9. The summed E-state index contributed by atoms with van der Waals surface area (Å²) in [5.41, 5.74) is 4.09. The van der Waals surface area contributed by atoms with Crippen molar-refractivity contribution < 1.29 is 14.3 Å². The molecule has 0 saturated heterocycles. The van der Waals surface area contributed by atoms with Crippen molar-refractivity contribution >= 4 is 44.5 Å². The van der Waals surface area contributed by atoms with Crippen molar-refractivity contribution in [2.75, 3.05) is 19.0 Å². The van der Waals surface area contributed by atoms with E-state index in [0.717, 1.165) is 38.5 Å². The number of anilines is 2. The Morgan fingerprint density at radius 2 is 1.68 bits per heavy atom. The van der Waals surface area contributed by atoms with Gasteiger partial charge in [0, 0.05) is 42.1 Å². The Morgan fingerprint density at radius 3 is 2.45 bits per heavy atom. The minimum absolute atomic E-state index is 0.257. The molecule has 5 rings (SSSR count). The zero-order chi connectivity index (χ0) is 26.5. The third kappa shape index (κ3) is 5.95. The van der Waals surface area contributed by atoms with Crippen LogP contribution in [0.5, 0.6) is 17.2 Å². The third-order valence-electron chi connectivity index (χ3n) is 6.01. The first-order valence-corrected chi connectivity index (χ1v) is 12.8. The second-order valence-electron chi connectivity index (χ2n) is 8.61. The Labute approximate surface area is 228 Å². The van der Waals surface area contributed by atoms with Crippen LogP contribution in [0.1, 0.15) is 16.1 Å². The van der Waals surface area contributed by atoms with Gasteiger partial charge in [0.15, 0.2) is 0 Å². The predicted octanol–water partition coefficient (Wildman–Crippen LogP) is 6.25. The number of benzene rings is 3. The Morgan fingerprint density at radius 1 is 0.947 bits per heavy atom. The van der Waals surface area contributed by atoms with Gasteiger partial charge in [-0.2, -0.15) is 0 Å². The summed E-state index contributed by atoms with van der Waals surface area (Å²) in [5.74, 6) is 2.40. The van der Waals surface area contributed by atoms with Crippen LogP contribution in [0.25, 0.3) is 11.0 Å². The van der Waals surface area contributed by atoms with Gasteiger partial charge in [0.05, 0.1) is 18.1 Å². The maximum absolute atomic E-state index is 12.7. The summed E-state index contributed by atoms with van der Waals surface area (Å²) in [6.07, 6.45) is 2.27. The molecule has 192 valence electrons. The Hall–Kier alpha value is -4.37. The average molecular weight is 572 g/mol. The number of nitrogens with one attached hydrogen (secondary N) is 2. The molecule has 3 aromatic carbocycles. The number of carbonyl (C=O) groups is 1. The van der Waals surface area contributed by atoms with E-state index in [1.807, 2.05) is 78.3 Å². The molecule has 0 atom stereocenters. The van der Waals surface area contributed by atoms with Crippen molar-refractivity contribution in [3.05, 3.63) is 101 Å². The van der Waals surface area contributed by atoms with E-state index < -0.39 is 0 Å². The number of halogens is 1. The molecule has 0 aliphatic heterocycles. The fraction of sp³-hybridized carbons (Fsp3) is 0.138. The number of hydrogen-bond acceptors (Lipinski definition) is 6. The van der Waals surface area contributed by atoms with Crippen LogP contribution < -0.4 is 20.1 Å². The molecule has 0 bridgehead atoms. The number of fused-ring (bicyclic) bond motifs is 1. The molecule has 0 unspecified atom stereocenters. The fourth-order valence-corrected chi connectivity index (χ4v) is 4.22. The van der Waals surface area contributed by atoms with E-state index in [9.17, 15) is 4.79 Å². The van der Waals surface area contributed by atoms with Crippen LogP contribution >= 0.6 is 15.9 Å². The van der Waals surface area contributed by atoms with Gasteiger partial charge < -0.3 is 24.7 Å². The van der Waals surface area contributed by atoms with Crippen molar-refractivity contribution in [1.29, 1.82) is 0 Å². The molecular formula is C29H26BrN5O3. The van der Waals surface area contributed by atoms with Gasteiger partial charge in [0.2, 0.25) is 5.95 Å². The molecule has 2 heterocycles. The highest BCUT2D eigenvalue weighted by Gasteiger charge is 2.12. The third-order valence-corrected chi connectivity index (χ3v) is 6.54. The lowest BCUT2D eigenvalue weighted by Crippen LogP contribution is -2.26. The molecule has 0 spiro atoms. The second-order valence-corrected chi connectivity index (χ2v) is 9.53. The molecule has 0 fully saturated rings. The van der Waals surface area contributed by atoms with E-state index in [4.69, 9.17) is 14.5 Å². The van der Waals surface area contributed by atoms with E-state index in [-0.39, 0.29) is 11.6 Å². The monoisotopic (exact) mass is 571 g/mol. The molecule has 0 saturated carbocycles. The lowest BCUT2D eigenvalue weighted by atomic mass is 10.1. The number of amides is 1. The van der Waals surface area contributed by atoms with E-state index >= 15 is 0 Å². The van der Waals surface area contributed by atoms with Crippen LogP contribution in [-0.2, 0) is 13.5 Å². The fourth-order valence-electron chi connectivity index (χ4n) is 3.96. The molecule has 5 aromatic rings. The van der Waals surface area contributed by atoms with Crippen molar-refractivity contribution in [2.24, 2.45) is 7.05 Å². The molecule has 1 amide bonds.